The lowest BCUT2D eigenvalue weighted by atomic mass is 10.3. The summed E-state index contributed by atoms with van der Waals surface area (Å²) in [6.07, 6.45) is 0. The van der Waals surface area contributed by atoms with Crippen LogP contribution in [-0.4, -0.2) is 0 Å². The van der Waals surface area contributed by atoms with Crippen molar-refractivity contribution in [2.24, 2.45) is 0 Å². The molecule has 0 spiro atoms. The Morgan fingerprint density at radius 1 is 0.464 bits per heavy atom. The summed E-state index contributed by atoms with van der Waals surface area (Å²) in [4.78, 5) is 0. The van der Waals surface area contributed by atoms with Gasteiger partial charge in [0.25, 0.3) is 0 Å². The molecule has 0 saturated heterocycles. The Morgan fingerprint density at radius 3 is 1.04 bits per heavy atom. The summed E-state index contributed by atoms with van der Waals surface area (Å²) in [5.74, 6) is 1.79. The normalized spacial score (nSPS) is 10.8. The van der Waals surface area contributed by atoms with Crippen molar-refractivity contribution in [2.75, 3.05) is 0 Å². The average molecular weight is 784 g/mol. The molecule has 0 amide bonds. The molecule has 3 rings (SSSR count). The summed E-state index contributed by atoms with van der Waals surface area (Å²) in [5.41, 5.74) is 0. The van der Waals surface area contributed by atoms with Crippen LogP contribution < -0.4 is 13.6 Å². The molecule has 28 heavy (non-hydrogen) atoms. The fourth-order valence-electron chi connectivity index (χ4n) is 1.96. The molecule has 0 atom stereocenters. The molecule has 0 saturated carbocycles. The third-order valence-corrected chi connectivity index (χ3v) is 10.3. The second-order valence-corrected chi connectivity index (χ2v) is 11.1. The van der Waals surface area contributed by atoms with E-state index in [1.165, 1.54) is 0 Å². The van der Waals surface area contributed by atoms with E-state index in [0.29, 0.717) is 17.2 Å². The van der Waals surface area contributed by atoms with Crippen LogP contribution in [-0.2, 0) is 0 Å². The summed E-state index contributed by atoms with van der Waals surface area (Å²) in [6.45, 7) is 0. The van der Waals surface area contributed by atoms with E-state index in [9.17, 15) is 0 Å². The lowest BCUT2D eigenvalue weighted by Crippen LogP contribution is -2.03. The van der Waals surface area contributed by atoms with Gasteiger partial charge in [-0.1, -0.05) is 18.2 Å². The van der Waals surface area contributed by atoms with E-state index in [0.717, 1.165) is 26.8 Å². The highest BCUT2D eigenvalue weighted by molar-refractivity contribution is 9.13. The Labute approximate surface area is 214 Å². The number of hydrogen-bond donors (Lipinski definition) is 0. The smallest absolute Gasteiger partial charge is 0.407 e. The largest absolute Gasteiger partial charge is 0.530 e. The van der Waals surface area contributed by atoms with Crippen molar-refractivity contribution in [1.82, 2.24) is 0 Å². The maximum Gasteiger partial charge on any atom is 0.530 e. The third-order valence-electron chi connectivity index (χ3n) is 3.27. The number of rotatable bonds is 6. The van der Waals surface area contributed by atoms with E-state index in [1.807, 2.05) is 54.6 Å². The van der Waals surface area contributed by atoms with E-state index < -0.39 is 8.60 Å². The summed E-state index contributed by atoms with van der Waals surface area (Å²) >= 11 is 21.0. The Morgan fingerprint density at radius 2 is 0.750 bits per heavy atom. The van der Waals surface area contributed by atoms with Gasteiger partial charge in [-0.2, -0.15) is 0 Å². The molecule has 10 heteroatoms. The summed E-state index contributed by atoms with van der Waals surface area (Å²) < 4.78 is 23.2. The van der Waals surface area contributed by atoms with E-state index in [4.69, 9.17) is 13.6 Å². The molecule has 3 aromatic carbocycles. The van der Waals surface area contributed by atoms with Crippen LogP contribution in [0.15, 0.2) is 81.4 Å². The first kappa shape index (κ1) is 23.0. The predicted octanol–water partition coefficient (Wildman–Crippen LogP) is 10.0. The lowest BCUT2D eigenvalue weighted by molar-refractivity contribution is 0.385. The minimum atomic E-state index is -1.83. The Hall–Kier alpha value is 0.370. The van der Waals surface area contributed by atoms with Gasteiger partial charge in [-0.05, 0) is 132 Å². The predicted molar refractivity (Wildman–Crippen MR) is 134 cm³/mol. The van der Waals surface area contributed by atoms with Gasteiger partial charge < -0.3 is 13.6 Å². The molecule has 0 unspecified atom stereocenters. The zero-order valence-corrected chi connectivity index (χ0v) is 24.0. The molecule has 0 aliphatic rings. The van der Waals surface area contributed by atoms with Gasteiger partial charge in [0.1, 0.15) is 17.2 Å². The summed E-state index contributed by atoms with van der Waals surface area (Å²) in [6, 6.07) is 16.9. The highest BCUT2D eigenvalue weighted by Crippen LogP contribution is 2.49. The molecule has 0 aromatic heterocycles. The van der Waals surface area contributed by atoms with Gasteiger partial charge in [-0.15, -0.1) is 0 Å². The molecule has 146 valence electrons. The van der Waals surface area contributed by atoms with Gasteiger partial charge in [-0.3, -0.25) is 0 Å². The fourth-order valence-corrected chi connectivity index (χ4v) is 5.47. The number of hydrogen-bond acceptors (Lipinski definition) is 3. The zero-order valence-electron chi connectivity index (χ0n) is 13.6. The van der Waals surface area contributed by atoms with Gasteiger partial charge in [0.15, 0.2) is 0 Å². The minimum absolute atomic E-state index is 0.595. The van der Waals surface area contributed by atoms with Gasteiger partial charge in [0, 0.05) is 13.4 Å². The second-order valence-electron chi connectivity index (χ2n) is 5.15. The maximum absolute atomic E-state index is 6.09. The monoisotopic (exact) mass is 778 g/mol. The third kappa shape index (κ3) is 5.74. The number of halogens is 6. The van der Waals surface area contributed by atoms with E-state index >= 15 is 0 Å². The Balaban J connectivity index is 1.94. The second kappa shape index (κ2) is 10.6. The van der Waals surface area contributed by atoms with Gasteiger partial charge in [0.2, 0.25) is 0 Å². The van der Waals surface area contributed by atoms with Crippen molar-refractivity contribution >= 4 is 104 Å². The van der Waals surface area contributed by atoms with Crippen molar-refractivity contribution < 1.29 is 13.6 Å². The Bertz CT molecular complexity index is 874. The van der Waals surface area contributed by atoms with Gasteiger partial charge >= 0.3 is 8.60 Å². The SMILES string of the molecule is Brc1cccc(OP(Oc2cccc(Br)c2Br)Oc2cccc(Br)c2Br)c1Br. The van der Waals surface area contributed by atoms with Crippen LogP contribution in [0.5, 0.6) is 17.2 Å². The van der Waals surface area contributed by atoms with Crippen LogP contribution in [0.3, 0.4) is 0 Å². The molecular formula is C18H9Br6O3P. The lowest BCUT2D eigenvalue weighted by Gasteiger charge is -2.20. The van der Waals surface area contributed by atoms with Gasteiger partial charge in [-0.25, -0.2) is 0 Å². The molecule has 0 bridgehead atoms. The zero-order chi connectivity index (χ0) is 20.3. The first-order valence-corrected chi connectivity index (χ1v) is 13.4. The van der Waals surface area contributed by atoms with Crippen LogP contribution in [0.1, 0.15) is 0 Å². The standard InChI is InChI=1S/C18H9Br6O3P/c19-10-4-1-7-13(16(10)22)25-28(26-14-8-2-5-11(20)17(14)23)27-15-9-3-6-12(21)18(15)24/h1-9H. The highest BCUT2D eigenvalue weighted by Gasteiger charge is 2.24. The maximum atomic E-state index is 6.09. The average Bonchev–Trinajstić information content (AvgIpc) is 2.66. The van der Waals surface area contributed by atoms with Crippen LogP contribution in [0.25, 0.3) is 0 Å². The molecule has 0 fully saturated rings. The van der Waals surface area contributed by atoms with Crippen molar-refractivity contribution in [3.8, 4) is 17.2 Å². The summed E-state index contributed by atoms with van der Waals surface area (Å²) in [5, 5.41) is 0. The molecule has 3 aromatic rings. The topological polar surface area (TPSA) is 27.7 Å². The highest BCUT2D eigenvalue weighted by atomic mass is 79.9. The molecule has 0 N–H and O–H groups in total. The minimum Gasteiger partial charge on any atom is -0.407 e. The van der Waals surface area contributed by atoms with Gasteiger partial charge in [0.05, 0.1) is 13.4 Å². The molecule has 0 aliphatic carbocycles. The van der Waals surface area contributed by atoms with Crippen LogP contribution >= 0.6 is 104 Å². The quantitative estimate of drug-likeness (QED) is 0.233. The van der Waals surface area contributed by atoms with Crippen molar-refractivity contribution in [2.45, 2.75) is 0 Å². The first-order chi connectivity index (χ1) is 13.4. The van der Waals surface area contributed by atoms with Crippen molar-refractivity contribution in [3.05, 3.63) is 81.4 Å². The fraction of sp³-hybridized carbons (Fsp3) is 0. The van der Waals surface area contributed by atoms with E-state index in [1.54, 1.807) is 0 Å². The first-order valence-electron chi connectivity index (χ1n) is 7.53. The van der Waals surface area contributed by atoms with Crippen molar-refractivity contribution in [3.63, 3.8) is 0 Å². The van der Waals surface area contributed by atoms with E-state index in [-0.39, 0.29) is 0 Å². The molecule has 0 aliphatic heterocycles. The van der Waals surface area contributed by atoms with E-state index in [2.05, 4.69) is 95.6 Å². The molecule has 0 radical (unpaired) electrons. The van der Waals surface area contributed by atoms with Crippen LogP contribution in [0.4, 0.5) is 0 Å². The Kier molecular flexibility index (Phi) is 8.72. The van der Waals surface area contributed by atoms with Crippen molar-refractivity contribution in [1.29, 1.82) is 0 Å². The number of benzene rings is 3. The molecule has 3 nitrogen and oxygen atoms in total. The van der Waals surface area contributed by atoms with Crippen LogP contribution in [0, 0.1) is 0 Å². The summed E-state index contributed by atoms with van der Waals surface area (Å²) in [7, 11) is -1.83. The molecular weight excluding hydrogens is 775 g/mol. The molecule has 0 heterocycles. The van der Waals surface area contributed by atoms with Crippen LogP contribution in [0.2, 0.25) is 0 Å².